The highest BCUT2D eigenvalue weighted by molar-refractivity contribution is 6.18. The molecule has 0 aliphatic heterocycles. The third kappa shape index (κ3) is 3.40. The summed E-state index contributed by atoms with van der Waals surface area (Å²) in [6.45, 7) is 0. The van der Waals surface area contributed by atoms with Crippen LogP contribution in [0, 0.1) is 0 Å². The number of aryl methyl sites for hydroxylation is 2. The summed E-state index contributed by atoms with van der Waals surface area (Å²) in [4.78, 5) is 11.1. The number of benzene rings is 1. The van der Waals surface area contributed by atoms with Crippen LogP contribution in [0.15, 0.2) is 18.2 Å². The van der Waals surface area contributed by atoms with E-state index in [1.54, 1.807) is 6.07 Å². The first-order valence-corrected chi connectivity index (χ1v) is 5.79. The van der Waals surface area contributed by atoms with E-state index in [9.17, 15) is 4.79 Å². The molecule has 0 radical (unpaired) electrons. The summed E-state index contributed by atoms with van der Waals surface area (Å²) in [5.41, 5.74) is 7.82. The van der Waals surface area contributed by atoms with Gasteiger partial charge in [-0.3, -0.25) is 4.79 Å². The van der Waals surface area contributed by atoms with Gasteiger partial charge in [0.25, 0.3) is 0 Å². The van der Waals surface area contributed by atoms with Crippen molar-refractivity contribution in [2.45, 2.75) is 12.8 Å². The van der Waals surface area contributed by atoms with E-state index >= 15 is 0 Å². The summed E-state index contributed by atoms with van der Waals surface area (Å²) in [5, 5.41) is 0. The van der Waals surface area contributed by atoms with E-state index < -0.39 is 5.91 Å². The minimum Gasteiger partial charge on any atom is -0.366 e. The maximum absolute atomic E-state index is 11.1. The number of hydrogen-bond donors (Lipinski definition) is 1. The number of alkyl halides is 2. The maximum Gasteiger partial charge on any atom is 0.248 e. The van der Waals surface area contributed by atoms with Gasteiger partial charge in [-0.05, 0) is 30.0 Å². The van der Waals surface area contributed by atoms with Crippen molar-refractivity contribution in [3.05, 3.63) is 34.9 Å². The Kier molecular flexibility index (Phi) is 4.92. The van der Waals surface area contributed by atoms with Crippen LogP contribution >= 0.6 is 23.2 Å². The van der Waals surface area contributed by atoms with E-state index in [0.29, 0.717) is 23.7 Å². The molecule has 0 atom stereocenters. The van der Waals surface area contributed by atoms with Gasteiger partial charge in [0, 0.05) is 17.3 Å². The Balaban J connectivity index is 3.03. The van der Waals surface area contributed by atoms with Crippen LogP contribution in [0.25, 0.3) is 0 Å². The molecule has 2 N–H and O–H groups in total. The predicted octanol–water partition coefficient (Wildman–Crippen LogP) is 2.35. The van der Waals surface area contributed by atoms with Gasteiger partial charge in [-0.2, -0.15) is 0 Å². The molecule has 2 nitrogen and oxygen atoms in total. The van der Waals surface area contributed by atoms with E-state index in [0.717, 1.165) is 17.5 Å². The summed E-state index contributed by atoms with van der Waals surface area (Å²) < 4.78 is 0. The third-order valence-electron chi connectivity index (χ3n) is 2.18. The Morgan fingerprint density at radius 3 is 2.40 bits per heavy atom. The first-order chi connectivity index (χ1) is 7.19. The number of carbonyl (C=O) groups excluding carboxylic acids is 1. The minimum absolute atomic E-state index is 0.410. The molecule has 0 saturated carbocycles. The molecular formula is C11H13Cl2NO. The van der Waals surface area contributed by atoms with Crippen molar-refractivity contribution in [3.63, 3.8) is 0 Å². The van der Waals surface area contributed by atoms with Crippen LogP contribution in [0.5, 0.6) is 0 Å². The van der Waals surface area contributed by atoms with Crippen LogP contribution in [0.3, 0.4) is 0 Å². The molecule has 0 saturated heterocycles. The molecule has 1 amide bonds. The highest BCUT2D eigenvalue weighted by atomic mass is 35.5. The molecule has 1 rings (SSSR count). The average molecular weight is 246 g/mol. The highest BCUT2D eigenvalue weighted by Crippen LogP contribution is 2.14. The molecule has 1 aromatic carbocycles. The Labute approximate surface area is 99.4 Å². The standard InChI is InChI=1S/C11H13Cl2NO/c12-5-3-8-1-2-10(11(14)15)9(7-8)4-6-13/h1-2,7H,3-6H2,(H2,14,15). The Hall–Kier alpha value is -0.730. The zero-order chi connectivity index (χ0) is 11.3. The quantitative estimate of drug-likeness (QED) is 0.796. The number of halogens is 2. The van der Waals surface area contributed by atoms with Gasteiger partial charge in [0.1, 0.15) is 0 Å². The SMILES string of the molecule is NC(=O)c1ccc(CCCl)cc1CCCl. The van der Waals surface area contributed by atoms with Gasteiger partial charge in [-0.15, -0.1) is 23.2 Å². The maximum atomic E-state index is 11.1. The van der Waals surface area contributed by atoms with Gasteiger partial charge in [0.05, 0.1) is 0 Å². The fraction of sp³-hybridized carbons (Fsp3) is 0.364. The van der Waals surface area contributed by atoms with Crippen molar-refractivity contribution < 1.29 is 4.79 Å². The van der Waals surface area contributed by atoms with Gasteiger partial charge in [-0.25, -0.2) is 0 Å². The lowest BCUT2D eigenvalue weighted by Crippen LogP contribution is -2.14. The van der Waals surface area contributed by atoms with Crippen LogP contribution in [-0.4, -0.2) is 17.7 Å². The highest BCUT2D eigenvalue weighted by Gasteiger charge is 2.08. The van der Waals surface area contributed by atoms with E-state index in [2.05, 4.69) is 0 Å². The Morgan fingerprint density at radius 2 is 1.87 bits per heavy atom. The van der Waals surface area contributed by atoms with Crippen molar-refractivity contribution in [2.75, 3.05) is 11.8 Å². The fourth-order valence-corrected chi connectivity index (χ4v) is 1.88. The van der Waals surface area contributed by atoms with Crippen LogP contribution in [-0.2, 0) is 12.8 Å². The van der Waals surface area contributed by atoms with Crippen LogP contribution in [0.4, 0.5) is 0 Å². The number of carbonyl (C=O) groups is 1. The number of nitrogens with two attached hydrogens (primary N) is 1. The van der Waals surface area contributed by atoms with E-state index in [1.165, 1.54) is 0 Å². The van der Waals surface area contributed by atoms with Crippen molar-refractivity contribution in [2.24, 2.45) is 5.73 Å². The van der Waals surface area contributed by atoms with Crippen molar-refractivity contribution in [1.82, 2.24) is 0 Å². The van der Waals surface area contributed by atoms with Gasteiger partial charge in [0.2, 0.25) is 5.91 Å². The molecule has 0 heterocycles. The van der Waals surface area contributed by atoms with E-state index in [1.807, 2.05) is 12.1 Å². The van der Waals surface area contributed by atoms with E-state index in [-0.39, 0.29) is 0 Å². The molecule has 15 heavy (non-hydrogen) atoms. The molecule has 0 aliphatic rings. The molecule has 82 valence electrons. The van der Waals surface area contributed by atoms with Gasteiger partial charge in [-0.1, -0.05) is 12.1 Å². The topological polar surface area (TPSA) is 43.1 Å². The van der Waals surface area contributed by atoms with Crippen LogP contribution in [0.1, 0.15) is 21.5 Å². The molecule has 0 aliphatic carbocycles. The number of rotatable bonds is 5. The second kappa shape index (κ2) is 5.99. The lowest BCUT2D eigenvalue weighted by molar-refractivity contribution is 0.0999. The van der Waals surface area contributed by atoms with Crippen LogP contribution in [0.2, 0.25) is 0 Å². The molecule has 0 bridgehead atoms. The fourth-order valence-electron chi connectivity index (χ4n) is 1.46. The lowest BCUT2D eigenvalue weighted by Gasteiger charge is -2.07. The zero-order valence-corrected chi connectivity index (χ0v) is 9.81. The summed E-state index contributed by atoms with van der Waals surface area (Å²) in [6.07, 6.45) is 1.44. The number of primary amides is 1. The van der Waals surface area contributed by atoms with Gasteiger partial charge >= 0.3 is 0 Å². The largest absolute Gasteiger partial charge is 0.366 e. The zero-order valence-electron chi connectivity index (χ0n) is 8.30. The van der Waals surface area contributed by atoms with Gasteiger partial charge in [0.15, 0.2) is 0 Å². The normalized spacial score (nSPS) is 10.3. The molecule has 0 fully saturated rings. The van der Waals surface area contributed by atoms with Crippen LogP contribution < -0.4 is 5.73 Å². The van der Waals surface area contributed by atoms with Crippen molar-refractivity contribution in [1.29, 1.82) is 0 Å². The number of amides is 1. The summed E-state index contributed by atoms with van der Waals surface area (Å²) >= 11 is 11.3. The molecule has 0 aromatic heterocycles. The second-order valence-electron chi connectivity index (χ2n) is 3.23. The summed E-state index contributed by atoms with van der Waals surface area (Å²) in [6, 6.07) is 5.57. The smallest absolute Gasteiger partial charge is 0.248 e. The van der Waals surface area contributed by atoms with E-state index in [4.69, 9.17) is 28.9 Å². The minimum atomic E-state index is -0.410. The summed E-state index contributed by atoms with van der Waals surface area (Å²) in [5.74, 6) is 0.633. The Bertz CT molecular complexity index is 352. The first kappa shape index (κ1) is 12.3. The van der Waals surface area contributed by atoms with Gasteiger partial charge < -0.3 is 5.73 Å². The van der Waals surface area contributed by atoms with Crippen molar-refractivity contribution in [3.8, 4) is 0 Å². The molecular weight excluding hydrogens is 233 g/mol. The monoisotopic (exact) mass is 245 g/mol. The third-order valence-corrected chi connectivity index (χ3v) is 2.56. The average Bonchev–Trinajstić information content (AvgIpc) is 2.18. The summed E-state index contributed by atoms with van der Waals surface area (Å²) in [7, 11) is 0. The molecule has 4 heteroatoms. The molecule has 0 unspecified atom stereocenters. The molecule has 1 aromatic rings. The predicted molar refractivity (Wildman–Crippen MR) is 63.8 cm³/mol. The van der Waals surface area contributed by atoms with Crippen molar-refractivity contribution >= 4 is 29.1 Å². The second-order valence-corrected chi connectivity index (χ2v) is 3.99. The number of hydrogen-bond acceptors (Lipinski definition) is 1. The first-order valence-electron chi connectivity index (χ1n) is 4.72. The Morgan fingerprint density at radius 1 is 1.20 bits per heavy atom. The lowest BCUT2D eigenvalue weighted by atomic mass is 10.0. The molecule has 0 spiro atoms.